The van der Waals surface area contributed by atoms with Gasteiger partial charge in [0.05, 0.1) is 19.3 Å². The molecule has 0 N–H and O–H groups in total. The van der Waals surface area contributed by atoms with E-state index in [1.165, 1.54) is 6.33 Å². The zero-order valence-corrected chi connectivity index (χ0v) is 10.9. The van der Waals surface area contributed by atoms with Crippen molar-refractivity contribution >= 4 is 17.4 Å². The van der Waals surface area contributed by atoms with Crippen LogP contribution in [-0.2, 0) is 4.74 Å². The fraction of sp³-hybridized carbons (Fsp3) is 0.636. The van der Waals surface area contributed by atoms with Gasteiger partial charge in [0.15, 0.2) is 16.7 Å². The highest BCUT2D eigenvalue weighted by atomic mass is 35.5. The summed E-state index contributed by atoms with van der Waals surface area (Å²) in [5, 5.41) is 0.337. The monoisotopic (exact) mass is 257 g/mol. The maximum Gasteiger partial charge on any atom is 0.199 e. The SMILES string of the molecule is COc1c(Cl)ncnc1N1CC(C)O[C@H](C)C1. The second-order valence-electron chi connectivity index (χ2n) is 4.18. The van der Waals surface area contributed by atoms with Crippen LogP contribution in [0.15, 0.2) is 6.33 Å². The maximum atomic E-state index is 5.99. The number of ether oxygens (including phenoxy) is 2. The van der Waals surface area contributed by atoms with E-state index in [4.69, 9.17) is 21.1 Å². The first kappa shape index (κ1) is 12.4. The molecular weight excluding hydrogens is 242 g/mol. The summed E-state index contributed by atoms with van der Waals surface area (Å²) in [5.74, 6) is 1.25. The van der Waals surface area contributed by atoms with Gasteiger partial charge in [-0.05, 0) is 13.8 Å². The Hall–Kier alpha value is -1.07. The van der Waals surface area contributed by atoms with Crippen molar-refractivity contribution in [3.05, 3.63) is 11.5 Å². The molecule has 17 heavy (non-hydrogen) atoms. The number of anilines is 1. The molecule has 1 fully saturated rings. The normalized spacial score (nSPS) is 24.8. The minimum absolute atomic E-state index is 0.164. The molecule has 2 heterocycles. The predicted molar refractivity (Wildman–Crippen MR) is 65.8 cm³/mol. The van der Waals surface area contributed by atoms with Crippen molar-refractivity contribution in [1.82, 2.24) is 9.97 Å². The molecule has 94 valence electrons. The molecule has 2 rings (SSSR count). The van der Waals surface area contributed by atoms with Crippen LogP contribution in [0.2, 0.25) is 5.15 Å². The van der Waals surface area contributed by atoms with E-state index in [1.54, 1.807) is 7.11 Å². The third-order valence-electron chi connectivity index (χ3n) is 2.66. The maximum absolute atomic E-state index is 5.99. The molecule has 1 aliphatic rings. The van der Waals surface area contributed by atoms with Crippen molar-refractivity contribution < 1.29 is 9.47 Å². The fourth-order valence-corrected chi connectivity index (χ4v) is 2.30. The summed E-state index contributed by atoms with van der Waals surface area (Å²) in [5.41, 5.74) is 0. The fourth-order valence-electron chi connectivity index (χ4n) is 2.10. The number of rotatable bonds is 2. The van der Waals surface area contributed by atoms with Crippen molar-refractivity contribution in [3.8, 4) is 5.75 Å². The van der Waals surface area contributed by atoms with Crippen LogP contribution in [0.25, 0.3) is 0 Å². The van der Waals surface area contributed by atoms with Gasteiger partial charge < -0.3 is 14.4 Å². The standard InChI is InChI=1S/C11H16ClN3O2/c1-7-4-15(5-8(2)17-7)11-9(16-3)10(12)13-6-14-11/h6-8H,4-5H2,1-3H3/t7-,8?/m1/s1. The highest BCUT2D eigenvalue weighted by Gasteiger charge is 2.26. The first-order valence-corrected chi connectivity index (χ1v) is 5.94. The molecule has 1 aromatic heterocycles. The van der Waals surface area contributed by atoms with Crippen LogP contribution in [0.4, 0.5) is 5.82 Å². The van der Waals surface area contributed by atoms with E-state index in [0.717, 1.165) is 18.9 Å². The minimum Gasteiger partial charge on any atom is -0.490 e. The van der Waals surface area contributed by atoms with E-state index in [9.17, 15) is 0 Å². The lowest BCUT2D eigenvalue weighted by Gasteiger charge is -2.36. The predicted octanol–water partition coefficient (Wildman–Crippen LogP) is 1.75. The zero-order valence-electron chi connectivity index (χ0n) is 10.2. The van der Waals surface area contributed by atoms with Crippen molar-refractivity contribution in [2.24, 2.45) is 0 Å². The van der Waals surface area contributed by atoms with Gasteiger partial charge >= 0.3 is 0 Å². The zero-order chi connectivity index (χ0) is 12.4. The summed E-state index contributed by atoms with van der Waals surface area (Å²) in [7, 11) is 1.57. The molecule has 5 nitrogen and oxygen atoms in total. The Balaban J connectivity index is 2.30. The van der Waals surface area contributed by atoms with Gasteiger partial charge in [-0.15, -0.1) is 0 Å². The molecule has 0 aliphatic carbocycles. The number of hydrogen-bond donors (Lipinski definition) is 0. The number of halogens is 1. The summed E-state index contributed by atoms with van der Waals surface area (Å²) in [6, 6.07) is 0. The van der Waals surface area contributed by atoms with Gasteiger partial charge in [-0.25, -0.2) is 9.97 Å². The Morgan fingerprint density at radius 2 is 2.00 bits per heavy atom. The molecule has 1 saturated heterocycles. The smallest absolute Gasteiger partial charge is 0.199 e. The lowest BCUT2D eigenvalue weighted by Crippen LogP contribution is -2.46. The average Bonchev–Trinajstić information content (AvgIpc) is 2.27. The van der Waals surface area contributed by atoms with Gasteiger partial charge in [-0.1, -0.05) is 11.6 Å². The molecule has 0 spiro atoms. The summed E-state index contributed by atoms with van der Waals surface area (Å²) in [6.45, 7) is 5.62. The Kier molecular flexibility index (Phi) is 3.69. The van der Waals surface area contributed by atoms with Gasteiger partial charge in [0.25, 0.3) is 0 Å². The van der Waals surface area contributed by atoms with Crippen molar-refractivity contribution in [3.63, 3.8) is 0 Å². The third-order valence-corrected chi connectivity index (χ3v) is 2.93. The van der Waals surface area contributed by atoms with E-state index in [-0.39, 0.29) is 12.2 Å². The summed E-state index contributed by atoms with van der Waals surface area (Å²) < 4.78 is 10.9. The molecule has 0 aromatic carbocycles. The lowest BCUT2D eigenvalue weighted by atomic mass is 10.2. The second kappa shape index (κ2) is 5.06. The van der Waals surface area contributed by atoms with E-state index in [0.29, 0.717) is 10.9 Å². The molecule has 6 heteroatoms. The number of hydrogen-bond acceptors (Lipinski definition) is 5. The third kappa shape index (κ3) is 2.61. The first-order chi connectivity index (χ1) is 8.11. The number of methoxy groups -OCH3 is 1. The molecular formula is C11H16ClN3O2. The van der Waals surface area contributed by atoms with E-state index in [2.05, 4.69) is 14.9 Å². The molecule has 1 aromatic rings. The Bertz CT molecular complexity index is 392. The van der Waals surface area contributed by atoms with Crippen LogP contribution in [0, 0.1) is 0 Å². The number of morpholine rings is 1. The molecule has 0 radical (unpaired) electrons. The summed E-state index contributed by atoms with van der Waals surface area (Å²) in [6.07, 6.45) is 1.78. The van der Waals surface area contributed by atoms with E-state index < -0.39 is 0 Å². The lowest BCUT2D eigenvalue weighted by molar-refractivity contribution is -0.00558. The highest BCUT2D eigenvalue weighted by Crippen LogP contribution is 2.32. The van der Waals surface area contributed by atoms with Crippen molar-refractivity contribution in [2.75, 3.05) is 25.1 Å². The minimum atomic E-state index is 0.164. The van der Waals surface area contributed by atoms with Gasteiger partial charge in [0.2, 0.25) is 0 Å². The van der Waals surface area contributed by atoms with Crippen LogP contribution in [-0.4, -0.2) is 42.4 Å². The van der Waals surface area contributed by atoms with Crippen LogP contribution in [0.1, 0.15) is 13.8 Å². The average molecular weight is 258 g/mol. The van der Waals surface area contributed by atoms with Crippen LogP contribution in [0.3, 0.4) is 0 Å². The van der Waals surface area contributed by atoms with Crippen LogP contribution < -0.4 is 9.64 Å². The summed E-state index contributed by atoms with van der Waals surface area (Å²) >= 11 is 5.99. The highest BCUT2D eigenvalue weighted by molar-refractivity contribution is 6.31. The van der Waals surface area contributed by atoms with Gasteiger partial charge in [0, 0.05) is 13.1 Å². The molecule has 0 amide bonds. The van der Waals surface area contributed by atoms with E-state index in [1.807, 2.05) is 13.8 Å². The number of aromatic nitrogens is 2. The molecule has 0 saturated carbocycles. The van der Waals surface area contributed by atoms with Crippen molar-refractivity contribution in [1.29, 1.82) is 0 Å². The van der Waals surface area contributed by atoms with Crippen LogP contribution in [0.5, 0.6) is 5.75 Å². The topological polar surface area (TPSA) is 47.5 Å². The van der Waals surface area contributed by atoms with Gasteiger partial charge in [0.1, 0.15) is 6.33 Å². The molecule has 1 unspecified atom stereocenters. The molecule has 2 atom stereocenters. The largest absolute Gasteiger partial charge is 0.490 e. The van der Waals surface area contributed by atoms with Crippen molar-refractivity contribution in [2.45, 2.75) is 26.1 Å². The second-order valence-corrected chi connectivity index (χ2v) is 4.54. The Morgan fingerprint density at radius 3 is 2.59 bits per heavy atom. The molecule has 1 aliphatic heterocycles. The number of nitrogens with zero attached hydrogens (tertiary/aromatic N) is 3. The molecule has 0 bridgehead atoms. The Labute approximate surface area is 106 Å². The van der Waals surface area contributed by atoms with Crippen LogP contribution >= 0.6 is 11.6 Å². The first-order valence-electron chi connectivity index (χ1n) is 5.56. The quantitative estimate of drug-likeness (QED) is 0.756. The van der Waals surface area contributed by atoms with Gasteiger partial charge in [-0.3, -0.25) is 0 Å². The van der Waals surface area contributed by atoms with Gasteiger partial charge in [-0.2, -0.15) is 0 Å². The van der Waals surface area contributed by atoms with E-state index >= 15 is 0 Å². The summed E-state index contributed by atoms with van der Waals surface area (Å²) in [4.78, 5) is 10.3. The Morgan fingerprint density at radius 1 is 1.35 bits per heavy atom.